The summed E-state index contributed by atoms with van der Waals surface area (Å²) in [4.78, 5) is 10.7. The van der Waals surface area contributed by atoms with E-state index in [-0.39, 0.29) is 5.41 Å². The standard InChI is InChI=1S/C13H18O2/c1-4-13(3,5-2)11-8-6-10(7-9-11)12(14)15/h6-9H,4-5H2,1-3H3,(H,14,15). The molecule has 1 N–H and O–H groups in total. The summed E-state index contributed by atoms with van der Waals surface area (Å²) in [7, 11) is 0. The van der Waals surface area contributed by atoms with Gasteiger partial charge in [-0.25, -0.2) is 4.79 Å². The molecule has 0 aliphatic heterocycles. The van der Waals surface area contributed by atoms with E-state index in [1.807, 2.05) is 12.1 Å². The molecule has 0 bridgehead atoms. The van der Waals surface area contributed by atoms with Gasteiger partial charge in [0.25, 0.3) is 0 Å². The highest BCUT2D eigenvalue weighted by atomic mass is 16.4. The molecule has 0 aliphatic rings. The summed E-state index contributed by atoms with van der Waals surface area (Å²) in [5.41, 5.74) is 1.74. The molecule has 0 amide bonds. The second-order valence-electron chi connectivity index (χ2n) is 4.15. The number of carboxylic acid groups (broad SMARTS) is 1. The van der Waals surface area contributed by atoms with Crippen molar-refractivity contribution in [3.63, 3.8) is 0 Å². The van der Waals surface area contributed by atoms with Crippen LogP contribution >= 0.6 is 0 Å². The molecular formula is C13H18O2. The highest BCUT2D eigenvalue weighted by molar-refractivity contribution is 5.87. The molecule has 0 saturated carbocycles. The predicted octanol–water partition coefficient (Wildman–Crippen LogP) is 3.46. The van der Waals surface area contributed by atoms with Gasteiger partial charge in [0.05, 0.1) is 5.56 Å². The normalized spacial score (nSPS) is 11.4. The smallest absolute Gasteiger partial charge is 0.335 e. The maximum absolute atomic E-state index is 10.7. The van der Waals surface area contributed by atoms with Crippen LogP contribution in [0.25, 0.3) is 0 Å². The van der Waals surface area contributed by atoms with E-state index in [2.05, 4.69) is 20.8 Å². The number of hydrogen-bond donors (Lipinski definition) is 1. The van der Waals surface area contributed by atoms with E-state index in [0.29, 0.717) is 5.56 Å². The van der Waals surface area contributed by atoms with Gasteiger partial charge in [-0.3, -0.25) is 0 Å². The van der Waals surface area contributed by atoms with Crippen molar-refractivity contribution >= 4 is 5.97 Å². The van der Waals surface area contributed by atoms with Crippen LogP contribution in [0.5, 0.6) is 0 Å². The average molecular weight is 206 g/mol. The second kappa shape index (κ2) is 4.47. The summed E-state index contributed by atoms with van der Waals surface area (Å²) >= 11 is 0. The lowest BCUT2D eigenvalue weighted by Crippen LogP contribution is -2.19. The van der Waals surface area contributed by atoms with Crippen LogP contribution in [0.1, 0.15) is 49.5 Å². The number of carbonyl (C=O) groups is 1. The Balaban J connectivity index is 3.02. The van der Waals surface area contributed by atoms with Crippen molar-refractivity contribution in [1.82, 2.24) is 0 Å². The molecule has 1 aromatic rings. The quantitative estimate of drug-likeness (QED) is 0.819. The molecule has 0 atom stereocenters. The molecule has 15 heavy (non-hydrogen) atoms. The van der Waals surface area contributed by atoms with Crippen LogP contribution in [0.2, 0.25) is 0 Å². The first-order chi connectivity index (χ1) is 7.03. The van der Waals surface area contributed by atoms with E-state index in [9.17, 15) is 4.79 Å². The first kappa shape index (κ1) is 11.8. The van der Waals surface area contributed by atoms with Crippen LogP contribution < -0.4 is 0 Å². The molecule has 0 spiro atoms. The van der Waals surface area contributed by atoms with Crippen molar-refractivity contribution in [2.45, 2.75) is 39.0 Å². The molecule has 1 rings (SSSR count). The minimum atomic E-state index is -0.865. The summed E-state index contributed by atoms with van der Waals surface area (Å²) in [6.45, 7) is 6.53. The minimum absolute atomic E-state index is 0.164. The van der Waals surface area contributed by atoms with Gasteiger partial charge in [-0.1, -0.05) is 32.9 Å². The van der Waals surface area contributed by atoms with Crippen molar-refractivity contribution in [2.24, 2.45) is 0 Å². The van der Waals surface area contributed by atoms with Gasteiger partial charge < -0.3 is 5.11 Å². The molecular weight excluding hydrogens is 188 g/mol. The number of aromatic carboxylic acids is 1. The van der Waals surface area contributed by atoms with Crippen molar-refractivity contribution in [1.29, 1.82) is 0 Å². The first-order valence-electron chi connectivity index (χ1n) is 5.37. The lowest BCUT2D eigenvalue weighted by molar-refractivity contribution is 0.0697. The van der Waals surface area contributed by atoms with E-state index in [4.69, 9.17) is 5.11 Å². The zero-order chi connectivity index (χ0) is 11.5. The molecule has 0 unspecified atom stereocenters. The van der Waals surface area contributed by atoms with Gasteiger partial charge in [0.15, 0.2) is 0 Å². The summed E-state index contributed by atoms with van der Waals surface area (Å²) in [5.74, 6) is -0.865. The summed E-state index contributed by atoms with van der Waals surface area (Å²) in [6, 6.07) is 7.22. The van der Waals surface area contributed by atoms with Crippen LogP contribution in [0, 0.1) is 0 Å². The van der Waals surface area contributed by atoms with Crippen molar-refractivity contribution in [2.75, 3.05) is 0 Å². The van der Waals surface area contributed by atoms with Gasteiger partial charge in [-0.05, 0) is 36.0 Å². The molecule has 2 heteroatoms. The van der Waals surface area contributed by atoms with Gasteiger partial charge in [-0.15, -0.1) is 0 Å². The third-order valence-corrected chi connectivity index (χ3v) is 3.39. The van der Waals surface area contributed by atoms with Gasteiger partial charge in [-0.2, -0.15) is 0 Å². The fraction of sp³-hybridized carbons (Fsp3) is 0.462. The summed E-state index contributed by atoms with van der Waals surface area (Å²) in [6.07, 6.45) is 2.13. The average Bonchev–Trinajstić information content (AvgIpc) is 2.28. The van der Waals surface area contributed by atoms with E-state index >= 15 is 0 Å². The zero-order valence-electron chi connectivity index (χ0n) is 9.58. The van der Waals surface area contributed by atoms with Crippen LogP contribution in [-0.2, 0) is 5.41 Å². The van der Waals surface area contributed by atoms with E-state index in [1.54, 1.807) is 12.1 Å². The number of hydrogen-bond acceptors (Lipinski definition) is 1. The Bertz CT molecular complexity index is 334. The van der Waals surface area contributed by atoms with E-state index in [0.717, 1.165) is 12.8 Å². The molecule has 0 aliphatic carbocycles. The molecule has 0 saturated heterocycles. The third kappa shape index (κ3) is 2.38. The second-order valence-corrected chi connectivity index (χ2v) is 4.15. The highest BCUT2D eigenvalue weighted by Crippen LogP contribution is 2.30. The minimum Gasteiger partial charge on any atom is -0.478 e. The Hall–Kier alpha value is -1.31. The van der Waals surface area contributed by atoms with Gasteiger partial charge in [0.2, 0.25) is 0 Å². The van der Waals surface area contributed by atoms with Crippen LogP contribution in [0.3, 0.4) is 0 Å². The van der Waals surface area contributed by atoms with Crippen LogP contribution in [-0.4, -0.2) is 11.1 Å². The largest absolute Gasteiger partial charge is 0.478 e. The monoisotopic (exact) mass is 206 g/mol. The van der Waals surface area contributed by atoms with E-state index in [1.165, 1.54) is 5.56 Å². The number of benzene rings is 1. The molecule has 0 radical (unpaired) electrons. The lowest BCUT2D eigenvalue weighted by Gasteiger charge is -2.27. The number of rotatable bonds is 4. The number of carboxylic acids is 1. The molecule has 1 aromatic carbocycles. The lowest BCUT2D eigenvalue weighted by atomic mass is 9.78. The summed E-state index contributed by atoms with van der Waals surface area (Å²) in [5, 5.41) is 8.79. The molecule has 0 fully saturated rings. The Kier molecular flexibility index (Phi) is 3.51. The topological polar surface area (TPSA) is 37.3 Å². The van der Waals surface area contributed by atoms with Crippen molar-refractivity contribution < 1.29 is 9.90 Å². The Morgan fingerprint density at radius 3 is 2.00 bits per heavy atom. The molecule has 0 aromatic heterocycles. The Morgan fingerprint density at radius 2 is 1.67 bits per heavy atom. The van der Waals surface area contributed by atoms with Gasteiger partial charge in [0.1, 0.15) is 0 Å². The predicted molar refractivity (Wildman–Crippen MR) is 61.3 cm³/mol. The van der Waals surface area contributed by atoms with Crippen LogP contribution in [0.15, 0.2) is 24.3 Å². The SMILES string of the molecule is CCC(C)(CC)c1ccc(C(=O)O)cc1. The highest BCUT2D eigenvalue weighted by Gasteiger charge is 2.21. The van der Waals surface area contributed by atoms with Gasteiger partial charge >= 0.3 is 5.97 Å². The fourth-order valence-electron chi connectivity index (χ4n) is 1.67. The van der Waals surface area contributed by atoms with Crippen molar-refractivity contribution in [3.8, 4) is 0 Å². The van der Waals surface area contributed by atoms with Gasteiger partial charge in [0, 0.05) is 0 Å². The Labute approximate surface area is 90.9 Å². The van der Waals surface area contributed by atoms with E-state index < -0.39 is 5.97 Å². The first-order valence-corrected chi connectivity index (χ1v) is 5.37. The zero-order valence-corrected chi connectivity index (χ0v) is 9.58. The fourth-order valence-corrected chi connectivity index (χ4v) is 1.67. The van der Waals surface area contributed by atoms with Crippen molar-refractivity contribution in [3.05, 3.63) is 35.4 Å². The molecule has 82 valence electrons. The van der Waals surface area contributed by atoms with Crippen LogP contribution in [0.4, 0.5) is 0 Å². The Morgan fingerprint density at radius 1 is 1.20 bits per heavy atom. The maximum atomic E-state index is 10.7. The molecule has 2 nitrogen and oxygen atoms in total. The maximum Gasteiger partial charge on any atom is 0.335 e. The molecule has 0 heterocycles. The third-order valence-electron chi connectivity index (χ3n) is 3.39. The summed E-state index contributed by atoms with van der Waals surface area (Å²) < 4.78 is 0.